The summed E-state index contributed by atoms with van der Waals surface area (Å²) >= 11 is 1.20. The summed E-state index contributed by atoms with van der Waals surface area (Å²) in [5.74, 6) is -0.956. The Hall–Kier alpha value is -1.97. The highest BCUT2D eigenvalue weighted by Crippen LogP contribution is 2.16. The number of amides is 2. The topological polar surface area (TPSA) is 118 Å². The van der Waals surface area contributed by atoms with Gasteiger partial charge in [-0.1, -0.05) is 11.8 Å². The number of thioether (sulfide) groups is 1. The van der Waals surface area contributed by atoms with Gasteiger partial charge in [-0.2, -0.15) is 0 Å². The van der Waals surface area contributed by atoms with E-state index in [-0.39, 0.29) is 37.7 Å². The van der Waals surface area contributed by atoms with E-state index in [9.17, 15) is 14.4 Å². The standard InChI is InChI=1S/C9H11N5O4S/c15-6-1-2-7(16)13(6)3-4-19-9-10-11-12-14(9)5-8(17)18/h1-5H2,(H,17,18). The van der Waals surface area contributed by atoms with Crippen LogP contribution in [-0.2, 0) is 20.9 Å². The zero-order chi connectivity index (χ0) is 13.8. The third kappa shape index (κ3) is 3.28. The minimum Gasteiger partial charge on any atom is -0.480 e. The van der Waals surface area contributed by atoms with E-state index in [4.69, 9.17) is 5.11 Å². The molecule has 19 heavy (non-hydrogen) atoms. The molecular formula is C9H11N5O4S. The lowest BCUT2D eigenvalue weighted by molar-refractivity contribution is -0.139. The van der Waals surface area contributed by atoms with Gasteiger partial charge >= 0.3 is 5.97 Å². The SMILES string of the molecule is O=C(O)Cn1nnnc1SCCN1C(=O)CCC1=O. The summed E-state index contributed by atoms with van der Waals surface area (Å²) < 4.78 is 1.15. The molecule has 0 unspecified atom stereocenters. The van der Waals surface area contributed by atoms with E-state index in [2.05, 4.69) is 15.5 Å². The molecule has 102 valence electrons. The minimum absolute atomic E-state index is 0.171. The fourth-order valence-electron chi connectivity index (χ4n) is 1.63. The van der Waals surface area contributed by atoms with Crippen molar-refractivity contribution in [1.29, 1.82) is 0 Å². The fourth-order valence-corrected chi connectivity index (χ4v) is 2.43. The lowest BCUT2D eigenvalue weighted by Crippen LogP contribution is -2.31. The number of carboxylic acid groups (broad SMARTS) is 1. The Morgan fingerprint density at radius 3 is 2.63 bits per heavy atom. The molecule has 2 amide bonds. The van der Waals surface area contributed by atoms with Gasteiger partial charge in [-0.15, -0.1) is 5.10 Å². The van der Waals surface area contributed by atoms with Gasteiger partial charge in [-0.3, -0.25) is 19.3 Å². The molecule has 1 N–H and O–H groups in total. The highest BCUT2D eigenvalue weighted by molar-refractivity contribution is 7.99. The average molecular weight is 285 g/mol. The number of likely N-dealkylation sites (tertiary alicyclic amines) is 1. The van der Waals surface area contributed by atoms with Crippen molar-refractivity contribution >= 4 is 29.5 Å². The molecular weight excluding hydrogens is 274 g/mol. The Balaban J connectivity index is 1.86. The summed E-state index contributed by atoms with van der Waals surface area (Å²) in [6.07, 6.45) is 0.528. The number of nitrogens with zero attached hydrogens (tertiary/aromatic N) is 5. The number of carbonyl (C=O) groups excluding carboxylic acids is 2. The van der Waals surface area contributed by atoms with Gasteiger partial charge in [0.25, 0.3) is 0 Å². The van der Waals surface area contributed by atoms with Crippen LogP contribution >= 0.6 is 11.8 Å². The number of imide groups is 1. The van der Waals surface area contributed by atoms with Crippen LogP contribution in [0.15, 0.2) is 5.16 Å². The maximum absolute atomic E-state index is 11.4. The van der Waals surface area contributed by atoms with Crippen LogP contribution in [0, 0.1) is 0 Å². The summed E-state index contributed by atoms with van der Waals surface area (Å²) in [4.78, 5) is 34.5. The van der Waals surface area contributed by atoms with Crippen molar-refractivity contribution in [3.63, 3.8) is 0 Å². The molecule has 1 aliphatic rings. The molecule has 0 saturated carbocycles. The third-order valence-electron chi connectivity index (χ3n) is 2.48. The largest absolute Gasteiger partial charge is 0.480 e. The second-order valence-electron chi connectivity index (χ2n) is 3.80. The third-order valence-corrected chi connectivity index (χ3v) is 3.42. The molecule has 10 heteroatoms. The lowest BCUT2D eigenvalue weighted by atomic mass is 10.4. The zero-order valence-electron chi connectivity index (χ0n) is 9.85. The Labute approximate surface area is 111 Å². The van der Waals surface area contributed by atoms with E-state index in [0.29, 0.717) is 10.9 Å². The van der Waals surface area contributed by atoms with Crippen molar-refractivity contribution in [3.05, 3.63) is 0 Å². The van der Waals surface area contributed by atoms with Gasteiger partial charge in [-0.05, 0) is 10.4 Å². The highest BCUT2D eigenvalue weighted by Gasteiger charge is 2.28. The lowest BCUT2D eigenvalue weighted by Gasteiger charge is -2.12. The number of tetrazole rings is 1. The van der Waals surface area contributed by atoms with E-state index in [1.807, 2.05) is 0 Å². The number of aromatic nitrogens is 4. The first-order chi connectivity index (χ1) is 9.08. The predicted molar refractivity (Wildman–Crippen MR) is 62.1 cm³/mol. The predicted octanol–water partition coefficient (Wildman–Crippen LogP) is -1.00. The molecule has 0 aliphatic carbocycles. The van der Waals surface area contributed by atoms with Gasteiger partial charge in [-0.25, -0.2) is 4.68 Å². The first-order valence-corrected chi connectivity index (χ1v) is 6.50. The zero-order valence-corrected chi connectivity index (χ0v) is 10.7. The Morgan fingerprint density at radius 1 is 1.32 bits per heavy atom. The average Bonchev–Trinajstić information content (AvgIpc) is 2.89. The summed E-state index contributed by atoms with van der Waals surface area (Å²) in [7, 11) is 0. The maximum Gasteiger partial charge on any atom is 0.325 e. The molecule has 1 fully saturated rings. The number of hydrogen-bond acceptors (Lipinski definition) is 7. The van der Waals surface area contributed by atoms with Crippen LogP contribution in [-0.4, -0.2) is 60.3 Å². The summed E-state index contributed by atoms with van der Waals surface area (Å²) in [6.45, 7) is -0.0425. The van der Waals surface area contributed by atoms with Crippen molar-refractivity contribution in [2.45, 2.75) is 24.5 Å². The van der Waals surface area contributed by atoms with E-state index in [0.717, 1.165) is 4.68 Å². The molecule has 0 aromatic carbocycles. The molecule has 0 bridgehead atoms. The van der Waals surface area contributed by atoms with Gasteiger partial charge in [0.2, 0.25) is 17.0 Å². The molecule has 2 rings (SSSR count). The van der Waals surface area contributed by atoms with Gasteiger partial charge in [0, 0.05) is 25.1 Å². The van der Waals surface area contributed by atoms with E-state index < -0.39 is 5.97 Å². The number of carboxylic acids is 1. The van der Waals surface area contributed by atoms with E-state index in [1.54, 1.807) is 0 Å². The van der Waals surface area contributed by atoms with Gasteiger partial charge in [0.05, 0.1) is 0 Å². The smallest absolute Gasteiger partial charge is 0.325 e. The highest BCUT2D eigenvalue weighted by atomic mass is 32.2. The number of carbonyl (C=O) groups is 3. The Bertz CT molecular complexity index is 500. The first kappa shape index (κ1) is 13.5. The second-order valence-corrected chi connectivity index (χ2v) is 4.86. The van der Waals surface area contributed by atoms with Crippen molar-refractivity contribution < 1.29 is 19.5 Å². The Morgan fingerprint density at radius 2 is 2.00 bits per heavy atom. The molecule has 1 aliphatic heterocycles. The van der Waals surface area contributed by atoms with Crippen LogP contribution in [0.25, 0.3) is 0 Å². The first-order valence-electron chi connectivity index (χ1n) is 5.52. The van der Waals surface area contributed by atoms with Crippen LogP contribution in [0.3, 0.4) is 0 Å². The van der Waals surface area contributed by atoms with Crippen molar-refractivity contribution in [1.82, 2.24) is 25.1 Å². The van der Waals surface area contributed by atoms with Crippen LogP contribution in [0.4, 0.5) is 0 Å². The van der Waals surface area contributed by atoms with Crippen LogP contribution in [0.5, 0.6) is 0 Å². The van der Waals surface area contributed by atoms with Gasteiger partial charge in [0.1, 0.15) is 6.54 Å². The van der Waals surface area contributed by atoms with Crippen molar-refractivity contribution in [2.75, 3.05) is 12.3 Å². The molecule has 9 nitrogen and oxygen atoms in total. The molecule has 1 saturated heterocycles. The maximum atomic E-state index is 11.4. The number of aliphatic carboxylic acids is 1. The second kappa shape index (κ2) is 5.78. The van der Waals surface area contributed by atoms with E-state index in [1.165, 1.54) is 16.7 Å². The summed E-state index contributed by atoms with van der Waals surface area (Å²) in [5.41, 5.74) is 0. The molecule has 1 aromatic heterocycles. The van der Waals surface area contributed by atoms with Gasteiger partial charge < -0.3 is 5.11 Å². The van der Waals surface area contributed by atoms with Gasteiger partial charge in [0.15, 0.2) is 0 Å². The minimum atomic E-state index is -1.04. The molecule has 1 aromatic rings. The number of hydrogen-bond donors (Lipinski definition) is 1. The fraction of sp³-hybridized carbons (Fsp3) is 0.556. The van der Waals surface area contributed by atoms with Crippen LogP contribution < -0.4 is 0 Å². The molecule has 2 heterocycles. The monoisotopic (exact) mass is 285 g/mol. The van der Waals surface area contributed by atoms with Crippen molar-refractivity contribution in [2.24, 2.45) is 0 Å². The Kier molecular flexibility index (Phi) is 4.10. The molecule has 0 radical (unpaired) electrons. The normalized spacial score (nSPS) is 15.3. The summed E-state index contributed by atoms with van der Waals surface area (Å²) in [5, 5.41) is 19.6. The van der Waals surface area contributed by atoms with Crippen LogP contribution in [0.2, 0.25) is 0 Å². The number of rotatable bonds is 6. The molecule has 0 atom stereocenters. The van der Waals surface area contributed by atoms with E-state index >= 15 is 0 Å². The molecule has 0 spiro atoms. The quantitative estimate of drug-likeness (QED) is 0.522. The van der Waals surface area contributed by atoms with Crippen molar-refractivity contribution in [3.8, 4) is 0 Å². The summed E-state index contributed by atoms with van der Waals surface area (Å²) in [6, 6.07) is 0. The van der Waals surface area contributed by atoms with Crippen LogP contribution in [0.1, 0.15) is 12.8 Å².